The summed E-state index contributed by atoms with van der Waals surface area (Å²) in [5.74, 6) is 1.56. The zero-order valence-electron chi connectivity index (χ0n) is 14.4. The molecule has 1 aliphatic heterocycles. The molecule has 2 aromatic rings. The smallest absolute Gasteiger partial charge is 0.251 e. The molecule has 6 heteroatoms. The summed E-state index contributed by atoms with van der Waals surface area (Å²) >= 11 is 0. The number of fused-ring (bicyclic) bond motifs is 1. The quantitative estimate of drug-likeness (QED) is 0.870. The Labute approximate surface area is 146 Å². The number of aryl methyl sites for hydroxylation is 1. The number of benzene rings is 1. The van der Waals surface area contributed by atoms with Crippen molar-refractivity contribution in [1.82, 2.24) is 10.3 Å². The summed E-state index contributed by atoms with van der Waals surface area (Å²) in [5.41, 5.74) is 1.99. The molecule has 25 heavy (non-hydrogen) atoms. The van der Waals surface area contributed by atoms with E-state index in [9.17, 15) is 9.59 Å². The maximum absolute atomic E-state index is 12.3. The van der Waals surface area contributed by atoms with Crippen LogP contribution in [0.3, 0.4) is 0 Å². The maximum Gasteiger partial charge on any atom is 0.251 e. The van der Waals surface area contributed by atoms with Crippen molar-refractivity contribution >= 4 is 5.91 Å². The molecule has 2 heterocycles. The van der Waals surface area contributed by atoms with Crippen LogP contribution < -0.4 is 20.3 Å². The molecule has 0 saturated heterocycles. The van der Waals surface area contributed by atoms with Crippen molar-refractivity contribution in [3.63, 3.8) is 0 Å². The summed E-state index contributed by atoms with van der Waals surface area (Å²) in [7, 11) is 1.63. The van der Waals surface area contributed by atoms with E-state index in [1.807, 2.05) is 25.1 Å². The Kier molecular flexibility index (Phi) is 5.07. The summed E-state index contributed by atoms with van der Waals surface area (Å²) < 4.78 is 11.0. The molecule has 2 N–H and O–H groups in total. The molecular formula is C19H22N2O4. The molecule has 3 rings (SSSR count). The van der Waals surface area contributed by atoms with Crippen LogP contribution in [-0.2, 0) is 12.8 Å². The average molecular weight is 342 g/mol. The first-order valence-electron chi connectivity index (χ1n) is 8.40. The van der Waals surface area contributed by atoms with E-state index in [-0.39, 0.29) is 17.4 Å². The molecule has 132 valence electrons. The number of aromatic amines is 1. The van der Waals surface area contributed by atoms with Crippen molar-refractivity contribution < 1.29 is 14.3 Å². The SMILES string of the molecule is CCc1cc(C(=O)NCC2COc3cc(OC)ccc3C2)cc(=O)[nH]1. The highest BCUT2D eigenvalue weighted by atomic mass is 16.5. The van der Waals surface area contributed by atoms with Crippen LogP contribution in [-0.4, -0.2) is 31.2 Å². The van der Waals surface area contributed by atoms with Gasteiger partial charge in [0.05, 0.1) is 13.7 Å². The largest absolute Gasteiger partial charge is 0.497 e. The zero-order valence-corrected chi connectivity index (χ0v) is 14.4. The van der Waals surface area contributed by atoms with E-state index < -0.39 is 0 Å². The zero-order chi connectivity index (χ0) is 17.8. The van der Waals surface area contributed by atoms with Gasteiger partial charge in [-0.15, -0.1) is 0 Å². The minimum Gasteiger partial charge on any atom is -0.497 e. The first kappa shape index (κ1) is 17.1. The highest BCUT2D eigenvalue weighted by Crippen LogP contribution is 2.30. The van der Waals surface area contributed by atoms with Crippen LogP contribution in [0.15, 0.2) is 35.1 Å². The van der Waals surface area contributed by atoms with E-state index in [4.69, 9.17) is 9.47 Å². The van der Waals surface area contributed by atoms with Gasteiger partial charge in [0, 0.05) is 35.9 Å². The third kappa shape index (κ3) is 4.02. The Morgan fingerprint density at radius 1 is 1.36 bits per heavy atom. The number of hydrogen-bond donors (Lipinski definition) is 2. The third-order valence-corrected chi connectivity index (χ3v) is 4.35. The Balaban J connectivity index is 1.61. The highest BCUT2D eigenvalue weighted by molar-refractivity contribution is 5.94. The van der Waals surface area contributed by atoms with E-state index in [1.165, 1.54) is 6.07 Å². The van der Waals surface area contributed by atoms with Crippen LogP contribution in [0.25, 0.3) is 0 Å². The number of aromatic nitrogens is 1. The lowest BCUT2D eigenvalue weighted by Crippen LogP contribution is -2.35. The number of carbonyl (C=O) groups is 1. The van der Waals surface area contributed by atoms with Gasteiger partial charge < -0.3 is 19.8 Å². The first-order chi connectivity index (χ1) is 12.1. The molecule has 1 unspecified atom stereocenters. The number of methoxy groups -OCH3 is 1. The number of carbonyl (C=O) groups excluding carboxylic acids is 1. The maximum atomic E-state index is 12.3. The van der Waals surface area contributed by atoms with Crippen LogP contribution in [0.4, 0.5) is 0 Å². The molecule has 1 atom stereocenters. The van der Waals surface area contributed by atoms with Gasteiger partial charge in [-0.25, -0.2) is 0 Å². The van der Waals surface area contributed by atoms with E-state index in [2.05, 4.69) is 10.3 Å². The van der Waals surface area contributed by atoms with Crippen LogP contribution in [0, 0.1) is 5.92 Å². The average Bonchev–Trinajstić information content (AvgIpc) is 2.64. The predicted octanol–water partition coefficient (Wildman–Crippen LogP) is 1.93. The fraction of sp³-hybridized carbons (Fsp3) is 0.368. The summed E-state index contributed by atoms with van der Waals surface area (Å²) in [5, 5.41) is 2.90. The highest BCUT2D eigenvalue weighted by Gasteiger charge is 2.21. The third-order valence-electron chi connectivity index (χ3n) is 4.35. The van der Waals surface area contributed by atoms with Gasteiger partial charge in [0.15, 0.2) is 0 Å². The fourth-order valence-corrected chi connectivity index (χ4v) is 2.94. The second kappa shape index (κ2) is 7.42. The molecule has 1 aromatic heterocycles. The van der Waals surface area contributed by atoms with Gasteiger partial charge in [-0.05, 0) is 30.5 Å². The Bertz CT molecular complexity index is 828. The van der Waals surface area contributed by atoms with Gasteiger partial charge in [-0.3, -0.25) is 9.59 Å². The van der Waals surface area contributed by atoms with E-state index in [1.54, 1.807) is 13.2 Å². The summed E-state index contributed by atoms with van der Waals surface area (Å²) in [6.45, 7) is 2.97. The van der Waals surface area contributed by atoms with Crippen molar-refractivity contribution in [3.05, 3.63) is 57.5 Å². The minimum atomic E-state index is -0.256. The van der Waals surface area contributed by atoms with Gasteiger partial charge in [0.25, 0.3) is 5.91 Å². The molecule has 0 saturated carbocycles. The van der Waals surface area contributed by atoms with E-state index >= 15 is 0 Å². The molecule has 1 aromatic carbocycles. The minimum absolute atomic E-state index is 0.192. The normalized spacial score (nSPS) is 15.8. The Morgan fingerprint density at radius 2 is 2.20 bits per heavy atom. The topological polar surface area (TPSA) is 80.4 Å². The number of ether oxygens (including phenoxy) is 2. The van der Waals surface area contributed by atoms with Crippen molar-refractivity contribution in [1.29, 1.82) is 0 Å². The van der Waals surface area contributed by atoms with Gasteiger partial charge in [-0.1, -0.05) is 13.0 Å². The molecule has 0 bridgehead atoms. The number of rotatable bonds is 5. The van der Waals surface area contributed by atoms with Crippen LogP contribution in [0.5, 0.6) is 11.5 Å². The monoisotopic (exact) mass is 342 g/mol. The second-order valence-electron chi connectivity index (χ2n) is 6.18. The molecule has 1 aliphatic rings. The molecule has 0 aliphatic carbocycles. The number of pyridine rings is 1. The standard InChI is InChI=1S/C19H22N2O4/c1-3-15-7-14(8-18(22)21-15)19(23)20-10-12-6-13-4-5-16(24-2)9-17(13)25-11-12/h4-5,7-9,12H,3,6,10-11H2,1-2H3,(H,20,23)(H,21,22). The van der Waals surface area contributed by atoms with Gasteiger partial charge in [-0.2, -0.15) is 0 Å². The van der Waals surface area contributed by atoms with Crippen LogP contribution >= 0.6 is 0 Å². The molecule has 0 spiro atoms. The lowest BCUT2D eigenvalue weighted by molar-refractivity contribution is 0.0938. The van der Waals surface area contributed by atoms with E-state index in [0.717, 1.165) is 29.2 Å². The summed E-state index contributed by atoms with van der Waals surface area (Å²) in [6.07, 6.45) is 1.50. The van der Waals surface area contributed by atoms with Gasteiger partial charge in [0.1, 0.15) is 11.5 Å². The van der Waals surface area contributed by atoms with Crippen molar-refractivity contribution in [2.45, 2.75) is 19.8 Å². The van der Waals surface area contributed by atoms with Gasteiger partial charge >= 0.3 is 0 Å². The number of amides is 1. The molecular weight excluding hydrogens is 320 g/mol. The number of nitrogens with one attached hydrogen (secondary N) is 2. The first-order valence-corrected chi connectivity index (χ1v) is 8.40. The molecule has 1 amide bonds. The number of hydrogen-bond acceptors (Lipinski definition) is 4. The predicted molar refractivity (Wildman–Crippen MR) is 94.5 cm³/mol. The van der Waals surface area contributed by atoms with E-state index in [0.29, 0.717) is 25.1 Å². The fourth-order valence-electron chi connectivity index (χ4n) is 2.94. The van der Waals surface area contributed by atoms with Crippen molar-refractivity contribution in [2.24, 2.45) is 5.92 Å². The van der Waals surface area contributed by atoms with Crippen LogP contribution in [0.1, 0.15) is 28.5 Å². The second-order valence-corrected chi connectivity index (χ2v) is 6.18. The van der Waals surface area contributed by atoms with Crippen molar-refractivity contribution in [3.8, 4) is 11.5 Å². The Hall–Kier alpha value is -2.76. The lowest BCUT2D eigenvalue weighted by Gasteiger charge is -2.25. The summed E-state index contributed by atoms with van der Waals surface area (Å²) in [6, 6.07) is 8.83. The number of H-pyrrole nitrogens is 1. The van der Waals surface area contributed by atoms with Gasteiger partial charge in [0.2, 0.25) is 5.56 Å². The van der Waals surface area contributed by atoms with Crippen molar-refractivity contribution in [2.75, 3.05) is 20.3 Å². The lowest BCUT2D eigenvalue weighted by atomic mass is 9.96. The van der Waals surface area contributed by atoms with Crippen LogP contribution in [0.2, 0.25) is 0 Å². The molecule has 0 fully saturated rings. The Morgan fingerprint density at radius 3 is 2.96 bits per heavy atom. The summed E-state index contributed by atoms with van der Waals surface area (Å²) in [4.78, 5) is 26.6. The molecule has 6 nitrogen and oxygen atoms in total. The molecule has 0 radical (unpaired) electrons.